The van der Waals surface area contributed by atoms with Crippen LogP contribution in [-0.2, 0) is 0 Å². The Morgan fingerprint density at radius 1 is 1.25 bits per heavy atom. The molecule has 1 aliphatic heterocycles. The van der Waals surface area contributed by atoms with E-state index in [-0.39, 0.29) is 5.91 Å². The molecule has 1 heterocycles. The van der Waals surface area contributed by atoms with Crippen molar-refractivity contribution in [1.82, 2.24) is 0 Å². The van der Waals surface area contributed by atoms with Crippen LogP contribution in [0, 0.1) is 5.82 Å². The first-order valence-corrected chi connectivity index (χ1v) is 6.53. The van der Waals surface area contributed by atoms with Crippen molar-refractivity contribution in [2.24, 2.45) is 0 Å². The minimum Gasteiger partial charge on any atom is -0.490 e. The molecular weight excluding hydrogens is 281 g/mol. The molecule has 0 aliphatic carbocycles. The van der Waals surface area contributed by atoms with Gasteiger partial charge in [0.25, 0.3) is 5.91 Å². The smallest absolute Gasteiger partial charge is 0.260 e. The third-order valence-electron chi connectivity index (χ3n) is 3.13. The van der Waals surface area contributed by atoms with Crippen LogP contribution in [-0.4, -0.2) is 19.1 Å². The van der Waals surface area contributed by atoms with Gasteiger partial charge in [0.05, 0.1) is 22.8 Å². The topological polar surface area (TPSA) is 29.5 Å². The van der Waals surface area contributed by atoms with Gasteiger partial charge in [0, 0.05) is 6.07 Å². The number of hydrogen-bond acceptors (Lipinski definition) is 2. The highest BCUT2D eigenvalue weighted by molar-refractivity contribution is 6.34. The van der Waals surface area contributed by atoms with Gasteiger partial charge in [0.2, 0.25) is 0 Å². The van der Waals surface area contributed by atoms with Crippen LogP contribution in [0.3, 0.4) is 0 Å². The molecule has 3 nitrogen and oxygen atoms in total. The van der Waals surface area contributed by atoms with Crippen LogP contribution < -0.4 is 9.64 Å². The van der Waals surface area contributed by atoms with E-state index in [0.29, 0.717) is 35.2 Å². The van der Waals surface area contributed by atoms with E-state index < -0.39 is 5.82 Å². The second kappa shape index (κ2) is 5.13. The van der Waals surface area contributed by atoms with Crippen LogP contribution in [0.15, 0.2) is 42.5 Å². The van der Waals surface area contributed by atoms with Crippen molar-refractivity contribution < 1.29 is 13.9 Å². The highest BCUT2D eigenvalue weighted by Gasteiger charge is 2.26. The van der Waals surface area contributed by atoms with Crippen molar-refractivity contribution in [2.75, 3.05) is 18.1 Å². The molecule has 102 valence electrons. The molecule has 3 rings (SSSR count). The fourth-order valence-electron chi connectivity index (χ4n) is 2.18. The summed E-state index contributed by atoms with van der Waals surface area (Å²) in [5.74, 6) is -0.171. The monoisotopic (exact) mass is 291 g/mol. The molecule has 0 N–H and O–H groups in total. The zero-order chi connectivity index (χ0) is 14.1. The number of halogens is 2. The Hall–Kier alpha value is -2.07. The maximum atomic E-state index is 13.4. The van der Waals surface area contributed by atoms with Crippen LogP contribution in [0.2, 0.25) is 5.02 Å². The lowest BCUT2D eigenvalue weighted by Gasteiger charge is -2.29. The SMILES string of the molecule is O=C(c1ccccc1Cl)N1CCOc2ccc(F)cc21. The molecule has 20 heavy (non-hydrogen) atoms. The molecule has 0 bridgehead atoms. The number of carbonyl (C=O) groups is 1. The maximum Gasteiger partial charge on any atom is 0.260 e. The summed E-state index contributed by atoms with van der Waals surface area (Å²) in [7, 11) is 0. The second-order valence-electron chi connectivity index (χ2n) is 4.40. The van der Waals surface area contributed by atoms with Gasteiger partial charge in [-0.2, -0.15) is 0 Å². The molecule has 5 heteroatoms. The van der Waals surface area contributed by atoms with Crippen molar-refractivity contribution in [3.05, 3.63) is 58.9 Å². The lowest BCUT2D eigenvalue weighted by atomic mass is 10.1. The summed E-state index contributed by atoms with van der Waals surface area (Å²) in [6.45, 7) is 0.731. The number of fused-ring (bicyclic) bond motifs is 1. The van der Waals surface area contributed by atoms with E-state index in [0.717, 1.165) is 0 Å². The molecule has 0 aromatic heterocycles. The molecule has 0 atom stereocenters. The number of benzene rings is 2. The van der Waals surface area contributed by atoms with Crippen molar-refractivity contribution in [1.29, 1.82) is 0 Å². The Morgan fingerprint density at radius 3 is 2.85 bits per heavy atom. The molecule has 2 aromatic rings. The van der Waals surface area contributed by atoms with Gasteiger partial charge in [0.1, 0.15) is 18.2 Å². The zero-order valence-corrected chi connectivity index (χ0v) is 11.2. The molecule has 1 aliphatic rings. The third-order valence-corrected chi connectivity index (χ3v) is 3.46. The lowest BCUT2D eigenvalue weighted by molar-refractivity contribution is 0.0976. The lowest BCUT2D eigenvalue weighted by Crippen LogP contribution is -2.38. The fourth-order valence-corrected chi connectivity index (χ4v) is 2.40. The number of anilines is 1. The first-order valence-electron chi connectivity index (χ1n) is 6.15. The number of nitrogens with zero attached hydrogens (tertiary/aromatic N) is 1. The number of hydrogen-bond donors (Lipinski definition) is 0. The summed E-state index contributed by atoms with van der Waals surface area (Å²) < 4.78 is 18.8. The maximum absolute atomic E-state index is 13.4. The molecule has 0 spiro atoms. The molecule has 0 fully saturated rings. The largest absolute Gasteiger partial charge is 0.490 e. The summed E-state index contributed by atoms with van der Waals surface area (Å²) in [6.07, 6.45) is 0. The Morgan fingerprint density at radius 2 is 2.05 bits per heavy atom. The van der Waals surface area contributed by atoms with Crippen molar-refractivity contribution in [2.45, 2.75) is 0 Å². The quantitative estimate of drug-likeness (QED) is 0.804. The molecule has 0 unspecified atom stereocenters. The minimum absolute atomic E-state index is 0.259. The Balaban J connectivity index is 2.03. The molecule has 2 aromatic carbocycles. The van der Waals surface area contributed by atoms with E-state index in [2.05, 4.69) is 0 Å². The average Bonchev–Trinajstić information content (AvgIpc) is 2.46. The van der Waals surface area contributed by atoms with Gasteiger partial charge in [-0.25, -0.2) is 4.39 Å². The molecule has 1 amide bonds. The summed E-state index contributed by atoms with van der Waals surface area (Å²) in [5, 5.41) is 0.377. The Bertz CT molecular complexity index is 675. The van der Waals surface area contributed by atoms with Gasteiger partial charge in [0.15, 0.2) is 0 Å². The first kappa shape index (κ1) is 12.9. The molecular formula is C15H11ClFNO2. The van der Waals surface area contributed by atoms with Gasteiger partial charge < -0.3 is 9.64 Å². The van der Waals surface area contributed by atoms with Crippen molar-refractivity contribution in [3.8, 4) is 5.75 Å². The van der Waals surface area contributed by atoms with Gasteiger partial charge >= 0.3 is 0 Å². The molecule has 0 saturated carbocycles. The van der Waals surface area contributed by atoms with Crippen LogP contribution in [0.4, 0.5) is 10.1 Å². The summed E-state index contributed by atoms with van der Waals surface area (Å²) in [5.41, 5.74) is 0.826. The summed E-state index contributed by atoms with van der Waals surface area (Å²) >= 11 is 6.04. The van der Waals surface area contributed by atoms with Crippen LogP contribution in [0.25, 0.3) is 0 Å². The first-order chi connectivity index (χ1) is 9.66. The standard InChI is InChI=1S/C15H11ClFNO2/c16-12-4-2-1-3-11(12)15(19)18-7-8-20-14-6-5-10(17)9-13(14)18/h1-6,9H,7-8H2. The molecule has 0 radical (unpaired) electrons. The highest BCUT2D eigenvalue weighted by Crippen LogP contribution is 2.33. The van der Waals surface area contributed by atoms with E-state index in [1.54, 1.807) is 24.3 Å². The Labute approximate surface area is 120 Å². The number of ether oxygens (including phenoxy) is 1. The van der Waals surface area contributed by atoms with Crippen LogP contribution >= 0.6 is 11.6 Å². The van der Waals surface area contributed by atoms with E-state index in [1.807, 2.05) is 0 Å². The van der Waals surface area contributed by atoms with Crippen molar-refractivity contribution >= 4 is 23.2 Å². The number of amides is 1. The molecule has 0 saturated heterocycles. The van der Waals surface area contributed by atoms with Gasteiger partial charge in [-0.1, -0.05) is 23.7 Å². The van der Waals surface area contributed by atoms with Crippen molar-refractivity contribution in [3.63, 3.8) is 0 Å². The second-order valence-corrected chi connectivity index (χ2v) is 4.80. The number of carbonyl (C=O) groups excluding carboxylic acids is 1. The average molecular weight is 292 g/mol. The van der Waals surface area contributed by atoms with E-state index >= 15 is 0 Å². The Kier molecular flexibility index (Phi) is 3.32. The number of rotatable bonds is 1. The van der Waals surface area contributed by atoms with Gasteiger partial charge in [-0.15, -0.1) is 0 Å². The van der Waals surface area contributed by atoms with E-state index in [9.17, 15) is 9.18 Å². The van der Waals surface area contributed by atoms with E-state index in [1.165, 1.54) is 23.1 Å². The summed E-state index contributed by atoms with van der Waals surface area (Å²) in [4.78, 5) is 14.0. The summed E-state index contributed by atoms with van der Waals surface area (Å²) in [6, 6.07) is 10.9. The zero-order valence-electron chi connectivity index (χ0n) is 10.5. The predicted octanol–water partition coefficient (Wildman–Crippen LogP) is 3.52. The predicted molar refractivity (Wildman–Crippen MR) is 75.0 cm³/mol. The minimum atomic E-state index is -0.411. The normalized spacial score (nSPS) is 13.6. The van der Waals surface area contributed by atoms with Crippen LogP contribution in [0.1, 0.15) is 10.4 Å². The van der Waals surface area contributed by atoms with E-state index in [4.69, 9.17) is 16.3 Å². The fraction of sp³-hybridized carbons (Fsp3) is 0.133. The van der Waals surface area contributed by atoms with Gasteiger partial charge in [-0.05, 0) is 24.3 Å². The highest BCUT2D eigenvalue weighted by atomic mass is 35.5. The van der Waals surface area contributed by atoms with Crippen LogP contribution in [0.5, 0.6) is 5.75 Å². The third kappa shape index (κ3) is 2.23. The van der Waals surface area contributed by atoms with Gasteiger partial charge in [-0.3, -0.25) is 4.79 Å².